The van der Waals surface area contributed by atoms with Crippen LogP contribution in [-0.2, 0) is 18.8 Å². The van der Waals surface area contributed by atoms with Crippen LogP contribution in [0.1, 0.15) is 5.56 Å². The number of aliphatic hydroxyl groups is 1. The third kappa shape index (κ3) is 12.7. The minimum absolute atomic E-state index is 0. The average molecular weight is 288 g/mol. The van der Waals surface area contributed by atoms with Gasteiger partial charge in [-0.2, -0.15) is 24.6 Å². The van der Waals surface area contributed by atoms with E-state index in [1.165, 1.54) is 0 Å². The third-order valence-electron chi connectivity index (χ3n) is 0.843. The molecule has 0 bridgehead atoms. The van der Waals surface area contributed by atoms with E-state index in [0.29, 0.717) is 0 Å². The Labute approximate surface area is 94.0 Å². The Balaban J connectivity index is -0.000000144. The molecule has 0 radical (unpaired) electrons. The van der Waals surface area contributed by atoms with Gasteiger partial charge in [-0.05, 0) is 0 Å². The first-order chi connectivity index (χ1) is 5.39. The van der Waals surface area contributed by atoms with Crippen LogP contribution in [0, 0.1) is 6.92 Å². The van der Waals surface area contributed by atoms with E-state index in [0.717, 1.165) is 12.7 Å². The molecule has 1 aromatic carbocycles. The SMILES string of the molecule is Br.CO.[CH2-]c1ccccc1.[F][Zn+]. The molecule has 1 aromatic rings. The first-order valence-corrected chi connectivity index (χ1v) is 4.10. The van der Waals surface area contributed by atoms with Crippen LogP contribution in [0.15, 0.2) is 30.3 Å². The van der Waals surface area contributed by atoms with Gasteiger partial charge in [-0.25, -0.2) is 0 Å². The molecular weight excluding hydrogens is 276 g/mol. The molecule has 0 atom stereocenters. The molecule has 0 saturated heterocycles. The number of hydrogen-bond acceptors (Lipinski definition) is 1. The molecule has 0 aromatic heterocycles. The molecule has 1 N–H and O–H groups in total. The summed E-state index contributed by atoms with van der Waals surface area (Å²) in [6.45, 7) is 3.72. The van der Waals surface area contributed by atoms with E-state index in [9.17, 15) is 3.32 Å². The summed E-state index contributed by atoms with van der Waals surface area (Å²) in [6, 6.07) is 9.87. The summed E-state index contributed by atoms with van der Waals surface area (Å²) in [5.41, 5.74) is 1.07. The van der Waals surface area contributed by atoms with Crippen molar-refractivity contribution in [3.05, 3.63) is 42.8 Å². The van der Waals surface area contributed by atoms with Crippen LogP contribution < -0.4 is 0 Å². The zero-order valence-corrected chi connectivity index (χ0v) is 11.7. The Morgan fingerprint density at radius 3 is 1.67 bits per heavy atom. The molecule has 0 spiro atoms. The predicted molar refractivity (Wildman–Crippen MR) is 50.5 cm³/mol. The fraction of sp³-hybridized carbons (Fsp3) is 0.125. The van der Waals surface area contributed by atoms with Crippen molar-refractivity contribution in [2.45, 2.75) is 0 Å². The zero-order valence-electron chi connectivity index (χ0n) is 7.03. The van der Waals surface area contributed by atoms with Crippen LogP contribution >= 0.6 is 17.0 Å². The van der Waals surface area contributed by atoms with Gasteiger partial charge in [0.15, 0.2) is 0 Å². The monoisotopic (exact) mass is 286 g/mol. The molecular formula is C8H12BrFOZn. The van der Waals surface area contributed by atoms with Crippen molar-refractivity contribution in [3.8, 4) is 0 Å². The van der Waals surface area contributed by atoms with Crippen LogP contribution in [0.25, 0.3) is 0 Å². The Kier molecular flexibility index (Phi) is 25.9. The van der Waals surface area contributed by atoms with Crippen molar-refractivity contribution >= 4 is 17.0 Å². The molecule has 1 nitrogen and oxygen atoms in total. The molecule has 0 saturated carbocycles. The van der Waals surface area contributed by atoms with Gasteiger partial charge in [0.25, 0.3) is 0 Å². The van der Waals surface area contributed by atoms with Gasteiger partial charge in [-0.3, -0.25) is 0 Å². The summed E-state index contributed by atoms with van der Waals surface area (Å²) in [4.78, 5) is 0. The van der Waals surface area contributed by atoms with E-state index < -0.39 is 0 Å². The predicted octanol–water partition coefficient (Wildman–Crippen LogP) is 2.47. The third-order valence-corrected chi connectivity index (χ3v) is 0.843. The standard InChI is InChI=1S/C7H7.CH4O.BrH.FH.Zn/c1-7-5-3-2-4-6-7;1-2;;;/h2-6H,1H2;2H,1H3;2*1H;/q-1;;;;+2/p-1. The molecule has 0 unspecified atom stereocenters. The molecule has 0 aliphatic rings. The minimum atomic E-state index is -0.125. The number of halogens is 2. The van der Waals surface area contributed by atoms with Crippen LogP contribution in [0.5, 0.6) is 0 Å². The second-order valence-corrected chi connectivity index (χ2v) is 1.49. The van der Waals surface area contributed by atoms with E-state index in [4.69, 9.17) is 5.11 Å². The van der Waals surface area contributed by atoms with Crippen molar-refractivity contribution < 1.29 is 27.2 Å². The van der Waals surface area contributed by atoms with Crippen LogP contribution in [0.2, 0.25) is 0 Å². The van der Waals surface area contributed by atoms with E-state index in [1.807, 2.05) is 30.3 Å². The normalized spacial score (nSPS) is 6.08. The quantitative estimate of drug-likeness (QED) is 0.574. The first-order valence-electron chi connectivity index (χ1n) is 2.98. The van der Waals surface area contributed by atoms with Gasteiger partial charge >= 0.3 is 22.1 Å². The Morgan fingerprint density at radius 2 is 1.50 bits per heavy atom. The van der Waals surface area contributed by atoms with Gasteiger partial charge < -0.3 is 5.11 Å². The summed E-state index contributed by atoms with van der Waals surface area (Å²) in [6.07, 6.45) is 0. The second kappa shape index (κ2) is 17.2. The summed E-state index contributed by atoms with van der Waals surface area (Å²) < 4.78 is 9.62. The molecule has 66 valence electrons. The van der Waals surface area contributed by atoms with Crippen LogP contribution in [0.3, 0.4) is 0 Å². The Morgan fingerprint density at radius 1 is 1.17 bits per heavy atom. The van der Waals surface area contributed by atoms with Gasteiger partial charge in [0.2, 0.25) is 0 Å². The maximum atomic E-state index is 9.62. The fourth-order valence-corrected chi connectivity index (χ4v) is 0.478. The topological polar surface area (TPSA) is 20.2 Å². The fourth-order valence-electron chi connectivity index (χ4n) is 0.478. The van der Waals surface area contributed by atoms with Gasteiger partial charge in [0.05, 0.1) is 0 Å². The van der Waals surface area contributed by atoms with Gasteiger partial charge in [0, 0.05) is 7.11 Å². The van der Waals surface area contributed by atoms with Crippen LogP contribution in [0.4, 0.5) is 3.32 Å². The molecule has 1 rings (SSSR count). The summed E-state index contributed by atoms with van der Waals surface area (Å²) >= 11 is -0.125. The Hall–Kier alpha value is 0.0834. The molecule has 0 aliphatic heterocycles. The number of rotatable bonds is 0. The van der Waals surface area contributed by atoms with E-state index in [1.54, 1.807) is 0 Å². The Bertz CT molecular complexity index is 149. The molecule has 4 heteroatoms. The number of aliphatic hydroxyl groups excluding tert-OH is 1. The van der Waals surface area contributed by atoms with E-state index in [2.05, 4.69) is 6.92 Å². The van der Waals surface area contributed by atoms with Gasteiger partial charge in [-0.1, -0.05) is 6.07 Å². The number of hydrogen-bond donors (Lipinski definition) is 1. The van der Waals surface area contributed by atoms with Crippen molar-refractivity contribution in [3.63, 3.8) is 0 Å². The van der Waals surface area contributed by atoms with Crippen molar-refractivity contribution in [2.75, 3.05) is 7.11 Å². The second-order valence-electron chi connectivity index (χ2n) is 1.49. The zero-order chi connectivity index (χ0) is 9.11. The van der Waals surface area contributed by atoms with Crippen molar-refractivity contribution in [1.82, 2.24) is 0 Å². The molecule has 0 heterocycles. The number of benzene rings is 1. The van der Waals surface area contributed by atoms with Crippen LogP contribution in [-0.4, -0.2) is 12.2 Å². The van der Waals surface area contributed by atoms with E-state index in [-0.39, 0.29) is 35.8 Å². The van der Waals surface area contributed by atoms with Gasteiger partial charge in [0.1, 0.15) is 0 Å². The summed E-state index contributed by atoms with van der Waals surface area (Å²) in [7, 11) is 1.00. The summed E-state index contributed by atoms with van der Waals surface area (Å²) in [5, 5.41) is 7.00. The van der Waals surface area contributed by atoms with Crippen molar-refractivity contribution in [1.29, 1.82) is 0 Å². The average Bonchev–Trinajstić information content (AvgIpc) is 2.13. The first kappa shape index (κ1) is 18.0. The maximum absolute atomic E-state index is 9.62. The molecule has 0 fully saturated rings. The van der Waals surface area contributed by atoms with Crippen molar-refractivity contribution in [2.24, 2.45) is 0 Å². The van der Waals surface area contributed by atoms with E-state index >= 15 is 0 Å². The van der Waals surface area contributed by atoms with Gasteiger partial charge in [-0.15, -0.1) is 29.1 Å². The molecule has 12 heavy (non-hydrogen) atoms. The molecule has 0 amide bonds. The molecule has 0 aliphatic carbocycles. The summed E-state index contributed by atoms with van der Waals surface area (Å²) in [5.74, 6) is 0.